The van der Waals surface area contributed by atoms with Crippen LogP contribution in [0.1, 0.15) is 21.6 Å². The number of hydrogen-bond acceptors (Lipinski definition) is 2. The van der Waals surface area contributed by atoms with Gasteiger partial charge in [-0.05, 0) is 42.0 Å². The van der Waals surface area contributed by atoms with Crippen molar-refractivity contribution < 1.29 is 4.79 Å². The van der Waals surface area contributed by atoms with E-state index in [0.29, 0.717) is 13.1 Å². The summed E-state index contributed by atoms with van der Waals surface area (Å²) in [5.41, 5.74) is 3.60. The van der Waals surface area contributed by atoms with Gasteiger partial charge in [-0.2, -0.15) is 0 Å². The first kappa shape index (κ1) is 14.6. The van der Waals surface area contributed by atoms with E-state index in [9.17, 15) is 4.79 Å². The monoisotopic (exact) mass is 288 g/mol. The highest BCUT2D eigenvalue weighted by Crippen LogP contribution is 2.17. The molecule has 2 aromatic rings. The van der Waals surface area contributed by atoms with Gasteiger partial charge in [0.25, 0.3) is 0 Å². The van der Waals surface area contributed by atoms with Crippen molar-refractivity contribution in [1.82, 2.24) is 10.2 Å². The number of carbonyl (C=O) groups excluding carboxylic acids is 1. The average molecular weight is 288 g/mol. The first-order chi connectivity index (χ1) is 9.58. The number of hydrogen-bond donors (Lipinski definition) is 1. The maximum absolute atomic E-state index is 12.1. The number of rotatable bonds is 4. The summed E-state index contributed by atoms with van der Waals surface area (Å²) in [5, 5.41) is 5.02. The minimum Gasteiger partial charge on any atom is -0.334 e. The Morgan fingerprint density at radius 1 is 1.20 bits per heavy atom. The zero-order valence-corrected chi connectivity index (χ0v) is 13.0. The SMILES string of the molecule is Cc1ccccc1CNC(=O)N(C)Cc1sccc1C. The summed E-state index contributed by atoms with van der Waals surface area (Å²) < 4.78 is 0. The summed E-state index contributed by atoms with van der Waals surface area (Å²) in [6.45, 7) is 5.35. The number of thiophene rings is 1. The smallest absolute Gasteiger partial charge is 0.317 e. The molecular weight excluding hydrogens is 268 g/mol. The van der Waals surface area contributed by atoms with Crippen LogP contribution in [0.4, 0.5) is 4.79 Å². The van der Waals surface area contributed by atoms with Gasteiger partial charge in [0.15, 0.2) is 0 Å². The number of nitrogens with one attached hydrogen (secondary N) is 1. The molecule has 0 radical (unpaired) electrons. The summed E-state index contributed by atoms with van der Waals surface area (Å²) in [7, 11) is 1.83. The van der Waals surface area contributed by atoms with Crippen LogP contribution in [0.25, 0.3) is 0 Å². The molecule has 1 heterocycles. The fraction of sp³-hybridized carbons (Fsp3) is 0.312. The lowest BCUT2D eigenvalue weighted by Crippen LogP contribution is -2.36. The van der Waals surface area contributed by atoms with Crippen LogP contribution < -0.4 is 5.32 Å². The van der Waals surface area contributed by atoms with Crippen LogP contribution in [0.5, 0.6) is 0 Å². The van der Waals surface area contributed by atoms with Crippen molar-refractivity contribution in [2.24, 2.45) is 0 Å². The molecule has 0 aliphatic rings. The predicted molar refractivity (Wildman–Crippen MR) is 83.9 cm³/mol. The van der Waals surface area contributed by atoms with E-state index in [0.717, 1.165) is 5.56 Å². The Bertz CT molecular complexity index is 592. The van der Waals surface area contributed by atoms with Crippen molar-refractivity contribution in [1.29, 1.82) is 0 Å². The first-order valence-corrected chi connectivity index (χ1v) is 7.52. The Morgan fingerprint density at radius 2 is 1.95 bits per heavy atom. The molecule has 0 unspecified atom stereocenters. The number of urea groups is 1. The van der Waals surface area contributed by atoms with Gasteiger partial charge in [-0.15, -0.1) is 11.3 Å². The van der Waals surface area contributed by atoms with Gasteiger partial charge in [-0.3, -0.25) is 0 Å². The number of nitrogens with zero attached hydrogens (tertiary/aromatic N) is 1. The Hall–Kier alpha value is -1.81. The molecule has 0 atom stereocenters. The maximum atomic E-state index is 12.1. The molecular formula is C16H20N2OS. The van der Waals surface area contributed by atoms with E-state index in [1.807, 2.05) is 25.2 Å². The predicted octanol–water partition coefficient (Wildman–Crippen LogP) is 3.71. The quantitative estimate of drug-likeness (QED) is 0.914. The third-order valence-electron chi connectivity index (χ3n) is 3.39. The highest BCUT2D eigenvalue weighted by atomic mass is 32.1. The number of benzene rings is 1. The van der Waals surface area contributed by atoms with Crippen molar-refractivity contribution in [3.05, 3.63) is 57.3 Å². The maximum Gasteiger partial charge on any atom is 0.317 e. The lowest BCUT2D eigenvalue weighted by Gasteiger charge is -2.18. The lowest BCUT2D eigenvalue weighted by atomic mass is 10.1. The second kappa shape index (κ2) is 6.57. The van der Waals surface area contributed by atoms with E-state index in [1.54, 1.807) is 16.2 Å². The Balaban J connectivity index is 1.89. The fourth-order valence-electron chi connectivity index (χ4n) is 1.97. The van der Waals surface area contributed by atoms with Gasteiger partial charge in [-0.1, -0.05) is 24.3 Å². The number of aryl methyl sites for hydroxylation is 2. The molecule has 1 aromatic heterocycles. The highest BCUT2D eigenvalue weighted by molar-refractivity contribution is 7.10. The van der Waals surface area contributed by atoms with Gasteiger partial charge < -0.3 is 10.2 Å². The molecule has 1 aromatic carbocycles. The van der Waals surface area contributed by atoms with E-state index >= 15 is 0 Å². The topological polar surface area (TPSA) is 32.3 Å². The van der Waals surface area contributed by atoms with Crippen LogP contribution in [-0.2, 0) is 13.1 Å². The molecule has 2 amide bonds. The van der Waals surface area contributed by atoms with Crippen molar-refractivity contribution in [2.45, 2.75) is 26.9 Å². The van der Waals surface area contributed by atoms with Crippen LogP contribution in [0.3, 0.4) is 0 Å². The third kappa shape index (κ3) is 3.61. The number of amides is 2. The van der Waals surface area contributed by atoms with Gasteiger partial charge in [0.05, 0.1) is 6.54 Å². The molecule has 4 heteroatoms. The first-order valence-electron chi connectivity index (χ1n) is 6.64. The molecule has 106 valence electrons. The van der Waals surface area contributed by atoms with Gasteiger partial charge in [0.2, 0.25) is 0 Å². The van der Waals surface area contributed by atoms with Gasteiger partial charge >= 0.3 is 6.03 Å². The Labute approximate surface area is 124 Å². The Kier molecular flexibility index (Phi) is 4.79. The molecule has 0 spiro atoms. The summed E-state index contributed by atoms with van der Waals surface area (Å²) in [5.74, 6) is 0. The zero-order valence-electron chi connectivity index (χ0n) is 12.1. The molecule has 0 aliphatic carbocycles. The highest BCUT2D eigenvalue weighted by Gasteiger charge is 2.11. The molecule has 0 saturated heterocycles. The minimum atomic E-state index is -0.0407. The largest absolute Gasteiger partial charge is 0.334 e. The zero-order chi connectivity index (χ0) is 14.5. The second-order valence-corrected chi connectivity index (χ2v) is 5.97. The average Bonchev–Trinajstić information content (AvgIpc) is 2.83. The van der Waals surface area contributed by atoms with Crippen molar-refractivity contribution in [2.75, 3.05) is 7.05 Å². The lowest BCUT2D eigenvalue weighted by molar-refractivity contribution is 0.207. The summed E-state index contributed by atoms with van der Waals surface area (Å²) in [6.07, 6.45) is 0. The van der Waals surface area contributed by atoms with E-state index in [1.165, 1.54) is 16.0 Å². The van der Waals surface area contributed by atoms with Crippen molar-refractivity contribution >= 4 is 17.4 Å². The molecule has 20 heavy (non-hydrogen) atoms. The Morgan fingerprint density at radius 3 is 2.60 bits per heavy atom. The van der Waals surface area contributed by atoms with Crippen LogP contribution in [0.2, 0.25) is 0 Å². The van der Waals surface area contributed by atoms with Gasteiger partial charge in [0.1, 0.15) is 0 Å². The van der Waals surface area contributed by atoms with E-state index in [2.05, 4.69) is 36.7 Å². The third-order valence-corrected chi connectivity index (χ3v) is 4.39. The summed E-state index contributed by atoms with van der Waals surface area (Å²) in [6, 6.07) is 10.1. The molecule has 0 saturated carbocycles. The molecule has 0 fully saturated rings. The standard InChI is InChI=1S/C16H20N2OS/c1-12-6-4-5-7-14(12)10-17-16(19)18(3)11-15-13(2)8-9-20-15/h4-9H,10-11H2,1-3H3,(H,17,19). The molecule has 0 aliphatic heterocycles. The van der Waals surface area contributed by atoms with E-state index < -0.39 is 0 Å². The van der Waals surface area contributed by atoms with Crippen LogP contribution in [-0.4, -0.2) is 18.0 Å². The van der Waals surface area contributed by atoms with Crippen molar-refractivity contribution in [3.8, 4) is 0 Å². The van der Waals surface area contributed by atoms with Gasteiger partial charge in [-0.25, -0.2) is 4.79 Å². The van der Waals surface area contributed by atoms with Crippen LogP contribution >= 0.6 is 11.3 Å². The summed E-state index contributed by atoms with van der Waals surface area (Å²) >= 11 is 1.69. The fourth-order valence-corrected chi connectivity index (χ4v) is 2.93. The van der Waals surface area contributed by atoms with E-state index in [-0.39, 0.29) is 6.03 Å². The molecule has 2 rings (SSSR count). The van der Waals surface area contributed by atoms with Crippen LogP contribution in [0.15, 0.2) is 35.7 Å². The number of carbonyl (C=O) groups is 1. The molecule has 1 N–H and O–H groups in total. The van der Waals surface area contributed by atoms with E-state index in [4.69, 9.17) is 0 Å². The molecule has 3 nitrogen and oxygen atoms in total. The normalized spacial score (nSPS) is 10.3. The van der Waals surface area contributed by atoms with Gasteiger partial charge in [0, 0.05) is 18.5 Å². The minimum absolute atomic E-state index is 0.0407. The van der Waals surface area contributed by atoms with Crippen molar-refractivity contribution in [3.63, 3.8) is 0 Å². The molecule has 0 bridgehead atoms. The summed E-state index contributed by atoms with van der Waals surface area (Å²) in [4.78, 5) is 15.0. The van der Waals surface area contributed by atoms with Crippen LogP contribution in [0, 0.1) is 13.8 Å². The second-order valence-electron chi connectivity index (χ2n) is 4.97.